The van der Waals surface area contributed by atoms with Crippen LogP contribution in [0.15, 0.2) is 43.1 Å². The maximum absolute atomic E-state index is 11.2. The molecule has 4 heterocycles. The van der Waals surface area contributed by atoms with Crippen molar-refractivity contribution in [2.24, 2.45) is 5.92 Å². The van der Waals surface area contributed by atoms with Gasteiger partial charge in [-0.05, 0) is 55.1 Å². The quantitative estimate of drug-likeness (QED) is 0.836. The highest BCUT2D eigenvalue weighted by Crippen LogP contribution is 2.44. The van der Waals surface area contributed by atoms with Gasteiger partial charge in [0.25, 0.3) is 0 Å². The predicted molar refractivity (Wildman–Crippen MR) is 96.5 cm³/mol. The van der Waals surface area contributed by atoms with E-state index in [2.05, 4.69) is 16.5 Å². The van der Waals surface area contributed by atoms with Gasteiger partial charge in [-0.1, -0.05) is 6.08 Å². The number of ether oxygens (including phenoxy) is 1. The first-order chi connectivity index (χ1) is 12.1. The molecule has 3 unspecified atom stereocenters. The van der Waals surface area contributed by atoms with Crippen LogP contribution >= 0.6 is 0 Å². The van der Waals surface area contributed by atoms with Gasteiger partial charge in [-0.2, -0.15) is 0 Å². The van der Waals surface area contributed by atoms with Gasteiger partial charge in [0.05, 0.1) is 24.3 Å². The molecule has 0 amide bonds. The molecule has 0 saturated carbocycles. The van der Waals surface area contributed by atoms with Crippen LogP contribution in [0.5, 0.6) is 5.75 Å². The molecule has 5 nitrogen and oxygen atoms in total. The van der Waals surface area contributed by atoms with Gasteiger partial charge in [-0.3, -0.25) is 9.88 Å². The van der Waals surface area contributed by atoms with Gasteiger partial charge >= 0.3 is 0 Å². The molecule has 132 valence electrons. The highest BCUT2D eigenvalue weighted by molar-refractivity contribution is 5.83. The van der Waals surface area contributed by atoms with E-state index in [4.69, 9.17) is 4.74 Å². The number of aliphatic hydroxyl groups is 2. The molecule has 5 atom stereocenters. The van der Waals surface area contributed by atoms with Crippen LogP contribution in [0.25, 0.3) is 10.9 Å². The van der Waals surface area contributed by atoms with E-state index >= 15 is 0 Å². The zero-order chi connectivity index (χ0) is 17.6. The SMILES string of the molecule is C=CC1(O)CN2CCC1C[C@H]2[C@@H](O)c1ccnc2ccc(OC)cc12. The molecule has 2 bridgehead atoms. The van der Waals surface area contributed by atoms with E-state index in [-0.39, 0.29) is 12.0 Å². The fourth-order valence-corrected chi connectivity index (χ4v) is 4.45. The van der Waals surface area contributed by atoms with E-state index in [0.29, 0.717) is 6.54 Å². The minimum atomic E-state index is -0.835. The number of aromatic nitrogens is 1. The Kier molecular flexibility index (Phi) is 4.02. The summed E-state index contributed by atoms with van der Waals surface area (Å²) in [6.07, 6.45) is 4.48. The number of fused-ring (bicyclic) bond motifs is 4. The number of benzene rings is 1. The summed E-state index contributed by atoms with van der Waals surface area (Å²) in [6.45, 7) is 5.24. The minimum absolute atomic E-state index is 0.00391. The molecule has 3 aliphatic rings. The van der Waals surface area contributed by atoms with Crippen LogP contribution < -0.4 is 4.74 Å². The van der Waals surface area contributed by atoms with E-state index in [1.54, 1.807) is 19.4 Å². The Morgan fingerprint density at radius 3 is 2.96 bits per heavy atom. The molecule has 3 saturated heterocycles. The summed E-state index contributed by atoms with van der Waals surface area (Å²) in [7, 11) is 1.63. The Bertz CT molecular complexity index is 809. The molecule has 5 rings (SSSR count). The Hall–Kier alpha value is -1.95. The number of pyridine rings is 1. The minimum Gasteiger partial charge on any atom is -0.497 e. The van der Waals surface area contributed by atoms with Gasteiger partial charge < -0.3 is 14.9 Å². The Balaban J connectivity index is 1.69. The van der Waals surface area contributed by atoms with Crippen molar-refractivity contribution in [3.8, 4) is 5.75 Å². The van der Waals surface area contributed by atoms with Crippen molar-refractivity contribution in [3.63, 3.8) is 0 Å². The van der Waals surface area contributed by atoms with Gasteiger partial charge in [-0.25, -0.2) is 0 Å². The molecule has 0 spiro atoms. The van der Waals surface area contributed by atoms with Gasteiger partial charge in [0.2, 0.25) is 0 Å². The largest absolute Gasteiger partial charge is 0.497 e. The lowest BCUT2D eigenvalue weighted by Crippen LogP contribution is -2.63. The molecule has 1 aromatic carbocycles. The summed E-state index contributed by atoms with van der Waals surface area (Å²) in [5.74, 6) is 0.901. The molecular formula is C20H24N2O3. The van der Waals surface area contributed by atoms with E-state index in [1.807, 2.05) is 24.3 Å². The number of hydrogen-bond acceptors (Lipinski definition) is 5. The maximum atomic E-state index is 11.2. The van der Waals surface area contributed by atoms with Gasteiger partial charge in [0.1, 0.15) is 5.75 Å². The van der Waals surface area contributed by atoms with Gasteiger partial charge in [-0.15, -0.1) is 6.58 Å². The van der Waals surface area contributed by atoms with Crippen LogP contribution in [0.3, 0.4) is 0 Å². The molecule has 0 radical (unpaired) electrons. The Labute approximate surface area is 147 Å². The van der Waals surface area contributed by atoms with Gasteiger partial charge in [0.15, 0.2) is 0 Å². The monoisotopic (exact) mass is 340 g/mol. The molecule has 1 aromatic heterocycles. The van der Waals surface area contributed by atoms with Crippen molar-refractivity contribution in [2.45, 2.75) is 30.6 Å². The third-order valence-electron chi connectivity index (χ3n) is 5.94. The fraction of sp³-hybridized carbons (Fsp3) is 0.450. The summed E-state index contributed by atoms with van der Waals surface area (Å²) >= 11 is 0. The molecule has 2 N–H and O–H groups in total. The normalized spacial score (nSPS) is 32.5. The molecular weight excluding hydrogens is 316 g/mol. The standard InChI is InChI=1S/C20H24N2O3/c1-3-20(24)12-22-9-7-13(20)10-18(22)19(23)15-6-8-21-17-5-4-14(25-2)11-16(15)17/h3-6,8,11,13,18-19,23-24H,1,7,9-10,12H2,2H3/t13?,18-,19-,20?/m0/s1. The number of hydrogen-bond donors (Lipinski definition) is 2. The van der Waals surface area contributed by atoms with Crippen LogP contribution in [0.1, 0.15) is 24.5 Å². The molecule has 3 aliphatic heterocycles. The van der Waals surface area contributed by atoms with E-state index in [0.717, 1.165) is 41.6 Å². The number of rotatable bonds is 4. The van der Waals surface area contributed by atoms with Crippen molar-refractivity contribution in [2.75, 3.05) is 20.2 Å². The van der Waals surface area contributed by atoms with Crippen molar-refractivity contribution in [1.82, 2.24) is 9.88 Å². The van der Waals surface area contributed by atoms with Crippen LogP contribution in [-0.2, 0) is 0 Å². The molecule has 5 heteroatoms. The Morgan fingerprint density at radius 2 is 2.28 bits per heavy atom. The van der Waals surface area contributed by atoms with E-state index < -0.39 is 11.7 Å². The highest BCUT2D eigenvalue weighted by Gasteiger charge is 2.49. The van der Waals surface area contributed by atoms with Crippen molar-refractivity contribution >= 4 is 10.9 Å². The first kappa shape index (κ1) is 16.5. The zero-order valence-corrected chi connectivity index (χ0v) is 14.4. The first-order valence-corrected chi connectivity index (χ1v) is 8.76. The predicted octanol–water partition coefficient (Wildman–Crippen LogP) is 2.29. The second-order valence-corrected chi connectivity index (χ2v) is 7.18. The number of methoxy groups -OCH3 is 1. The van der Waals surface area contributed by atoms with Crippen LogP contribution in [-0.4, -0.2) is 51.9 Å². The first-order valence-electron chi connectivity index (χ1n) is 8.76. The third-order valence-corrected chi connectivity index (χ3v) is 5.94. The second kappa shape index (κ2) is 6.09. The summed E-state index contributed by atoms with van der Waals surface area (Å²) in [5, 5.41) is 22.8. The smallest absolute Gasteiger partial charge is 0.119 e. The topological polar surface area (TPSA) is 65.8 Å². The van der Waals surface area contributed by atoms with Crippen LogP contribution in [0.2, 0.25) is 0 Å². The summed E-state index contributed by atoms with van der Waals surface area (Å²) < 4.78 is 5.33. The fourth-order valence-electron chi connectivity index (χ4n) is 4.45. The molecule has 25 heavy (non-hydrogen) atoms. The van der Waals surface area contributed by atoms with E-state index in [1.165, 1.54) is 0 Å². The maximum Gasteiger partial charge on any atom is 0.119 e. The van der Waals surface area contributed by atoms with Gasteiger partial charge in [0, 0.05) is 24.2 Å². The number of nitrogens with zero attached hydrogens (tertiary/aromatic N) is 2. The van der Waals surface area contributed by atoms with Crippen molar-refractivity contribution in [3.05, 3.63) is 48.7 Å². The average molecular weight is 340 g/mol. The third kappa shape index (κ3) is 2.63. The zero-order valence-electron chi connectivity index (χ0n) is 14.4. The lowest BCUT2D eigenvalue weighted by atomic mass is 9.71. The number of piperidine rings is 3. The summed E-state index contributed by atoms with van der Waals surface area (Å²) in [4.78, 5) is 6.59. The summed E-state index contributed by atoms with van der Waals surface area (Å²) in [6, 6.07) is 7.60. The lowest BCUT2D eigenvalue weighted by Gasteiger charge is -2.54. The molecule has 0 aliphatic carbocycles. The van der Waals surface area contributed by atoms with Crippen molar-refractivity contribution < 1.29 is 14.9 Å². The second-order valence-electron chi connectivity index (χ2n) is 7.18. The van der Waals surface area contributed by atoms with E-state index in [9.17, 15) is 10.2 Å². The molecule has 3 fully saturated rings. The number of aliphatic hydroxyl groups excluding tert-OH is 1. The van der Waals surface area contributed by atoms with Crippen LogP contribution in [0, 0.1) is 5.92 Å². The van der Waals surface area contributed by atoms with Crippen molar-refractivity contribution in [1.29, 1.82) is 0 Å². The highest BCUT2D eigenvalue weighted by atomic mass is 16.5. The van der Waals surface area contributed by atoms with Crippen LogP contribution in [0.4, 0.5) is 0 Å². The lowest BCUT2D eigenvalue weighted by molar-refractivity contribution is -0.127. The average Bonchev–Trinajstić information content (AvgIpc) is 2.66. The molecule has 2 aromatic rings. The Morgan fingerprint density at radius 1 is 1.44 bits per heavy atom. The summed E-state index contributed by atoms with van der Waals surface area (Å²) in [5.41, 5.74) is 0.873.